The van der Waals surface area contributed by atoms with Crippen molar-refractivity contribution in [3.8, 4) is 11.3 Å². The number of hydrogen-bond donors (Lipinski definition) is 1. The highest BCUT2D eigenvalue weighted by atomic mass is 32.2. The Morgan fingerprint density at radius 1 is 1.10 bits per heavy atom. The van der Waals surface area contributed by atoms with E-state index in [4.69, 9.17) is 4.42 Å². The molecule has 0 aliphatic carbocycles. The van der Waals surface area contributed by atoms with Gasteiger partial charge in [0.05, 0.1) is 11.1 Å². The van der Waals surface area contributed by atoms with E-state index in [-0.39, 0.29) is 16.4 Å². The average molecular weight is 440 g/mol. The minimum absolute atomic E-state index is 0.136. The summed E-state index contributed by atoms with van der Waals surface area (Å²) in [5.74, 6) is 0.824. The molecule has 0 spiro atoms. The van der Waals surface area contributed by atoms with Crippen LogP contribution in [0.1, 0.15) is 30.6 Å². The fourth-order valence-corrected chi connectivity index (χ4v) is 5.79. The molecule has 2 heterocycles. The number of aromatic nitrogens is 1. The summed E-state index contributed by atoms with van der Waals surface area (Å²) in [5.41, 5.74) is 1.63. The van der Waals surface area contributed by atoms with Gasteiger partial charge < -0.3 is 9.73 Å². The molecule has 2 aromatic carbocycles. The Kier molecular flexibility index (Phi) is 5.93. The van der Waals surface area contributed by atoms with Crippen molar-refractivity contribution in [1.29, 1.82) is 0 Å². The second-order valence-corrected chi connectivity index (χ2v) is 10.1. The summed E-state index contributed by atoms with van der Waals surface area (Å²) >= 11 is 0. The fraction of sp³-hybridized carbons (Fsp3) is 0.304. The number of nitrogens with one attached hydrogen (secondary N) is 1. The molecule has 31 heavy (non-hydrogen) atoms. The molecule has 2 unspecified atom stereocenters. The predicted octanol–water partition coefficient (Wildman–Crippen LogP) is 4.26. The van der Waals surface area contributed by atoms with Crippen molar-refractivity contribution in [3.05, 3.63) is 66.7 Å². The van der Waals surface area contributed by atoms with E-state index in [1.54, 1.807) is 42.6 Å². The van der Waals surface area contributed by atoms with Gasteiger partial charge in [0.2, 0.25) is 10.0 Å². The zero-order chi connectivity index (χ0) is 22.0. The highest BCUT2D eigenvalue weighted by molar-refractivity contribution is 7.89. The third-order valence-electron chi connectivity index (χ3n) is 5.41. The number of piperidine rings is 1. The van der Waals surface area contributed by atoms with Crippen molar-refractivity contribution in [2.45, 2.75) is 25.2 Å². The molecule has 8 heteroatoms. The van der Waals surface area contributed by atoms with Crippen molar-refractivity contribution in [3.63, 3.8) is 0 Å². The predicted molar refractivity (Wildman–Crippen MR) is 118 cm³/mol. The maximum atomic E-state index is 13.2. The normalized spacial score (nSPS) is 19.8. The second kappa shape index (κ2) is 8.64. The molecular formula is C23H25N3O4S. The van der Waals surface area contributed by atoms with Gasteiger partial charge in [-0.1, -0.05) is 32.0 Å². The molecule has 1 aromatic heterocycles. The molecule has 0 bridgehead atoms. The van der Waals surface area contributed by atoms with Crippen molar-refractivity contribution in [2.75, 3.05) is 18.4 Å². The first-order valence-electron chi connectivity index (χ1n) is 10.2. The highest BCUT2D eigenvalue weighted by Crippen LogP contribution is 2.27. The third-order valence-corrected chi connectivity index (χ3v) is 7.23. The van der Waals surface area contributed by atoms with Crippen LogP contribution in [0.4, 0.5) is 5.69 Å². The molecule has 1 amide bonds. The van der Waals surface area contributed by atoms with Gasteiger partial charge in [0.25, 0.3) is 5.91 Å². The van der Waals surface area contributed by atoms with E-state index in [1.165, 1.54) is 16.8 Å². The van der Waals surface area contributed by atoms with Crippen LogP contribution in [0.15, 0.2) is 70.4 Å². The van der Waals surface area contributed by atoms with E-state index in [0.29, 0.717) is 36.4 Å². The number of rotatable bonds is 5. The summed E-state index contributed by atoms with van der Waals surface area (Å²) in [5, 5.41) is 2.82. The lowest BCUT2D eigenvalue weighted by Crippen LogP contribution is -2.42. The van der Waals surface area contributed by atoms with Gasteiger partial charge in [-0.05, 0) is 48.6 Å². The zero-order valence-corrected chi connectivity index (χ0v) is 18.3. The Hall–Kier alpha value is -2.97. The molecule has 1 fully saturated rings. The first-order chi connectivity index (χ1) is 14.8. The van der Waals surface area contributed by atoms with Crippen molar-refractivity contribution in [2.24, 2.45) is 11.8 Å². The van der Waals surface area contributed by atoms with Crippen LogP contribution in [-0.4, -0.2) is 36.7 Å². The molecule has 1 saturated heterocycles. The lowest BCUT2D eigenvalue weighted by molar-refractivity contribution is 0.102. The Morgan fingerprint density at radius 3 is 2.55 bits per heavy atom. The van der Waals surface area contributed by atoms with Crippen molar-refractivity contribution >= 4 is 21.6 Å². The van der Waals surface area contributed by atoms with Crippen molar-refractivity contribution < 1.29 is 17.6 Å². The summed E-state index contributed by atoms with van der Waals surface area (Å²) in [6, 6.07) is 13.4. The van der Waals surface area contributed by atoms with Crippen LogP contribution in [0.2, 0.25) is 0 Å². The standard InChI is InChI=1S/C23H25N3O4S/c1-16-9-17(2)14-26(13-16)31(28,29)21-8-4-6-19(11-21)23(27)25-20-7-3-5-18(10-20)22-12-24-15-30-22/h3-8,10-12,15-17H,9,13-14H2,1-2H3,(H,25,27). The summed E-state index contributed by atoms with van der Waals surface area (Å²) in [7, 11) is -3.66. The molecule has 1 N–H and O–H groups in total. The summed E-state index contributed by atoms with van der Waals surface area (Å²) < 4.78 is 33.2. The van der Waals surface area contributed by atoms with Gasteiger partial charge in [-0.15, -0.1) is 0 Å². The SMILES string of the molecule is CC1CC(C)CN(S(=O)(=O)c2cccc(C(=O)Nc3cccc(-c4cnco4)c3)c2)C1. The Morgan fingerprint density at radius 2 is 1.84 bits per heavy atom. The first kappa shape index (κ1) is 21.3. The summed E-state index contributed by atoms with van der Waals surface area (Å²) in [6.07, 6.45) is 3.95. The number of anilines is 1. The van der Waals surface area contributed by atoms with E-state index < -0.39 is 10.0 Å². The number of carbonyl (C=O) groups is 1. The zero-order valence-electron chi connectivity index (χ0n) is 17.5. The van der Waals surface area contributed by atoms with Crippen LogP contribution in [-0.2, 0) is 10.0 Å². The number of nitrogens with zero attached hydrogens (tertiary/aromatic N) is 2. The van der Waals surface area contributed by atoms with Gasteiger partial charge in [0.15, 0.2) is 12.2 Å². The number of oxazole rings is 1. The number of benzene rings is 2. The highest BCUT2D eigenvalue weighted by Gasteiger charge is 2.32. The molecule has 1 aliphatic rings. The summed E-state index contributed by atoms with van der Waals surface area (Å²) in [6.45, 7) is 5.12. The largest absolute Gasteiger partial charge is 0.444 e. The third kappa shape index (κ3) is 4.70. The Balaban J connectivity index is 1.54. The number of amides is 1. The van der Waals surface area contributed by atoms with Crippen LogP contribution in [0.5, 0.6) is 0 Å². The van der Waals surface area contributed by atoms with Crippen LogP contribution < -0.4 is 5.32 Å². The maximum absolute atomic E-state index is 13.2. The van der Waals surface area contributed by atoms with Gasteiger partial charge in [-0.2, -0.15) is 4.31 Å². The fourth-order valence-electron chi connectivity index (χ4n) is 4.06. The number of carbonyl (C=O) groups excluding carboxylic acids is 1. The molecule has 162 valence electrons. The lowest BCUT2D eigenvalue weighted by Gasteiger charge is -2.34. The monoisotopic (exact) mass is 439 g/mol. The second-order valence-electron chi connectivity index (χ2n) is 8.20. The van der Waals surface area contributed by atoms with Crippen molar-refractivity contribution in [1.82, 2.24) is 9.29 Å². The van der Waals surface area contributed by atoms with E-state index in [9.17, 15) is 13.2 Å². The Labute approximate surface area is 182 Å². The van der Waals surface area contributed by atoms with E-state index in [1.807, 2.05) is 6.07 Å². The Bertz CT molecular complexity index is 1170. The molecule has 2 atom stereocenters. The van der Waals surface area contributed by atoms with Gasteiger partial charge in [-0.3, -0.25) is 4.79 Å². The molecule has 0 radical (unpaired) electrons. The number of sulfonamides is 1. The van der Waals surface area contributed by atoms with Crippen LogP contribution in [0.25, 0.3) is 11.3 Å². The average Bonchev–Trinajstić information content (AvgIpc) is 3.28. The lowest BCUT2D eigenvalue weighted by atomic mass is 9.94. The van der Waals surface area contributed by atoms with E-state index in [0.717, 1.165) is 12.0 Å². The van der Waals surface area contributed by atoms with E-state index >= 15 is 0 Å². The van der Waals surface area contributed by atoms with Gasteiger partial charge in [0.1, 0.15) is 0 Å². The molecule has 0 saturated carbocycles. The van der Waals surface area contributed by atoms with Crippen LogP contribution in [0, 0.1) is 11.8 Å². The summed E-state index contributed by atoms with van der Waals surface area (Å²) in [4.78, 5) is 16.9. The smallest absolute Gasteiger partial charge is 0.255 e. The minimum atomic E-state index is -3.66. The van der Waals surface area contributed by atoms with Crippen LogP contribution in [0.3, 0.4) is 0 Å². The van der Waals surface area contributed by atoms with Gasteiger partial charge in [-0.25, -0.2) is 13.4 Å². The van der Waals surface area contributed by atoms with Gasteiger partial charge >= 0.3 is 0 Å². The molecule has 3 aromatic rings. The molecule has 4 rings (SSSR count). The maximum Gasteiger partial charge on any atom is 0.255 e. The van der Waals surface area contributed by atoms with Crippen LogP contribution >= 0.6 is 0 Å². The van der Waals surface area contributed by atoms with Gasteiger partial charge in [0, 0.05) is 29.9 Å². The van der Waals surface area contributed by atoms with E-state index in [2.05, 4.69) is 24.1 Å². The topological polar surface area (TPSA) is 92.5 Å². The number of hydrogen-bond acceptors (Lipinski definition) is 5. The molecule has 7 nitrogen and oxygen atoms in total. The quantitative estimate of drug-likeness (QED) is 0.641. The first-order valence-corrected chi connectivity index (χ1v) is 11.7. The minimum Gasteiger partial charge on any atom is -0.444 e. The molecule has 1 aliphatic heterocycles. The molecular weight excluding hydrogens is 414 g/mol.